The highest BCUT2D eigenvalue weighted by Crippen LogP contribution is 2.62. The number of esters is 1. The Morgan fingerprint density at radius 3 is 2.56 bits per heavy atom. The van der Waals surface area contributed by atoms with Crippen molar-refractivity contribution >= 4 is 12.3 Å². The molecule has 2 fully saturated rings. The van der Waals surface area contributed by atoms with Crippen molar-refractivity contribution in [2.75, 3.05) is 6.61 Å². The first kappa shape index (κ1) is 21.8. The van der Waals surface area contributed by atoms with Gasteiger partial charge in [0.1, 0.15) is 6.29 Å². The summed E-state index contributed by atoms with van der Waals surface area (Å²) < 4.78 is 5.35. The molecule has 2 N–H and O–H groups in total. The second-order valence-corrected chi connectivity index (χ2v) is 9.12. The third kappa shape index (κ3) is 4.52. The molecule has 0 saturated heterocycles. The van der Waals surface area contributed by atoms with Crippen LogP contribution in [0.2, 0.25) is 0 Å². The van der Waals surface area contributed by atoms with Crippen molar-refractivity contribution in [3.05, 3.63) is 23.8 Å². The van der Waals surface area contributed by atoms with Crippen LogP contribution in [0.1, 0.15) is 59.8 Å². The SMILES string of the molecule is C=C1C(O)CC2C(C)(COC(C)=O)CC(O)CC2(C)C1CCC(C)=CC=O. The van der Waals surface area contributed by atoms with Crippen molar-refractivity contribution in [1.82, 2.24) is 0 Å². The maximum Gasteiger partial charge on any atom is 0.302 e. The molecular weight excluding hydrogens is 344 g/mol. The summed E-state index contributed by atoms with van der Waals surface area (Å²) in [6.45, 7) is 12.0. The molecule has 2 aliphatic carbocycles. The average molecular weight is 379 g/mol. The van der Waals surface area contributed by atoms with E-state index in [0.717, 1.165) is 30.3 Å². The third-order valence-corrected chi connectivity index (χ3v) is 6.93. The summed E-state index contributed by atoms with van der Waals surface area (Å²) in [5.41, 5.74) is 1.17. The van der Waals surface area contributed by atoms with Crippen LogP contribution in [0.25, 0.3) is 0 Å². The maximum atomic E-state index is 11.4. The Bertz CT molecular complexity index is 624. The van der Waals surface area contributed by atoms with Crippen LogP contribution in [0.4, 0.5) is 0 Å². The Balaban J connectivity index is 2.35. The molecule has 0 spiro atoms. The van der Waals surface area contributed by atoms with Gasteiger partial charge in [-0.3, -0.25) is 9.59 Å². The highest BCUT2D eigenvalue weighted by atomic mass is 16.5. The molecule has 6 atom stereocenters. The predicted octanol–water partition coefficient (Wildman–Crippen LogP) is 3.20. The molecule has 5 nitrogen and oxygen atoms in total. The van der Waals surface area contributed by atoms with Gasteiger partial charge in [0.15, 0.2) is 0 Å². The smallest absolute Gasteiger partial charge is 0.302 e. The molecule has 0 bridgehead atoms. The van der Waals surface area contributed by atoms with Crippen molar-refractivity contribution in [1.29, 1.82) is 0 Å². The van der Waals surface area contributed by atoms with Crippen molar-refractivity contribution in [2.24, 2.45) is 22.7 Å². The van der Waals surface area contributed by atoms with Gasteiger partial charge in [-0.1, -0.05) is 26.0 Å². The lowest BCUT2D eigenvalue weighted by Crippen LogP contribution is -2.58. The van der Waals surface area contributed by atoms with E-state index in [-0.39, 0.29) is 29.8 Å². The van der Waals surface area contributed by atoms with Gasteiger partial charge in [0.2, 0.25) is 0 Å². The minimum Gasteiger partial charge on any atom is -0.465 e. The topological polar surface area (TPSA) is 83.8 Å². The number of aliphatic hydroxyl groups excluding tert-OH is 2. The first-order valence-electron chi connectivity index (χ1n) is 9.82. The fourth-order valence-corrected chi connectivity index (χ4v) is 5.68. The summed E-state index contributed by atoms with van der Waals surface area (Å²) in [6, 6.07) is 0. The van der Waals surface area contributed by atoms with Gasteiger partial charge in [0, 0.05) is 12.3 Å². The standard InChI is InChI=1S/C22H34O5/c1-14(8-9-23)6-7-18-15(2)19(26)10-20-21(4,13-27-16(3)24)11-17(25)12-22(18,20)5/h8-9,17-20,25-26H,2,6-7,10-13H2,1,3-5H3. The van der Waals surface area contributed by atoms with Crippen LogP contribution >= 0.6 is 0 Å². The quantitative estimate of drug-likeness (QED) is 0.321. The Kier molecular flexibility index (Phi) is 6.69. The van der Waals surface area contributed by atoms with Gasteiger partial charge in [-0.15, -0.1) is 0 Å². The number of hydrogen-bond donors (Lipinski definition) is 2. The number of fused-ring (bicyclic) bond motifs is 1. The molecule has 2 aliphatic rings. The predicted molar refractivity (Wildman–Crippen MR) is 104 cm³/mol. The zero-order valence-corrected chi connectivity index (χ0v) is 17.0. The molecule has 0 amide bonds. The third-order valence-electron chi connectivity index (χ3n) is 6.93. The summed E-state index contributed by atoms with van der Waals surface area (Å²) in [6.07, 6.45) is 4.56. The van der Waals surface area contributed by atoms with Gasteiger partial charge in [-0.25, -0.2) is 0 Å². The lowest BCUT2D eigenvalue weighted by atomic mass is 9.45. The minimum absolute atomic E-state index is 0.0351. The Labute approximate surface area is 162 Å². The second-order valence-electron chi connectivity index (χ2n) is 9.12. The van der Waals surface area contributed by atoms with E-state index >= 15 is 0 Å². The molecule has 0 heterocycles. The lowest BCUT2D eigenvalue weighted by molar-refractivity contribution is -0.167. The molecule has 5 heteroatoms. The van der Waals surface area contributed by atoms with E-state index in [9.17, 15) is 19.8 Å². The molecule has 0 aliphatic heterocycles. The Morgan fingerprint density at radius 1 is 1.30 bits per heavy atom. The van der Waals surface area contributed by atoms with Gasteiger partial charge in [-0.05, 0) is 67.9 Å². The zero-order valence-electron chi connectivity index (χ0n) is 17.0. The van der Waals surface area contributed by atoms with Crippen LogP contribution in [0.15, 0.2) is 23.8 Å². The molecule has 6 unspecified atom stereocenters. The second kappa shape index (κ2) is 8.27. The number of hydrogen-bond acceptors (Lipinski definition) is 5. The van der Waals surface area contributed by atoms with E-state index in [0.29, 0.717) is 19.3 Å². The molecule has 2 rings (SSSR count). The van der Waals surface area contributed by atoms with Crippen LogP contribution in [-0.4, -0.2) is 41.3 Å². The van der Waals surface area contributed by atoms with E-state index < -0.39 is 17.6 Å². The number of carbonyl (C=O) groups excluding carboxylic acids is 2. The van der Waals surface area contributed by atoms with Gasteiger partial charge in [0.05, 0.1) is 18.8 Å². The van der Waals surface area contributed by atoms with Gasteiger partial charge in [-0.2, -0.15) is 0 Å². The number of rotatable bonds is 6. The van der Waals surface area contributed by atoms with Crippen LogP contribution < -0.4 is 0 Å². The summed E-state index contributed by atoms with van der Waals surface area (Å²) in [4.78, 5) is 22.1. The van der Waals surface area contributed by atoms with Crippen molar-refractivity contribution in [3.8, 4) is 0 Å². The average Bonchev–Trinajstić information content (AvgIpc) is 2.55. The fraction of sp³-hybridized carbons (Fsp3) is 0.727. The maximum absolute atomic E-state index is 11.4. The van der Waals surface area contributed by atoms with Crippen LogP contribution in [0.3, 0.4) is 0 Å². The van der Waals surface area contributed by atoms with E-state index in [4.69, 9.17) is 4.74 Å². The van der Waals surface area contributed by atoms with Crippen LogP contribution in [0, 0.1) is 22.7 Å². The molecule has 0 radical (unpaired) electrons. The molecule has 152 valence electrons. The van der Waals surface area contributed by atoms with Crippen molar-refractivity contribution in [2.45, 2.75) is 72.0 Å². The van der Waals surface area contributed by atoms with E-state index in [1.807, 2.05) is 6.92 Å². The van der Waals surface area contributed by atoms with Crippen LogP contribution in [-0.2, 0) is 14.3 Å². The first-order chi connectivity index (χ1) is 12.5. The van der Waals surface area contributed by atoms with E-state index in [1.165, 1.54) is 6.92 Å². The number of aldehydes is 1. The monoisotopic (exact) mass is 378 g/mol. The van der Waals surface area contributed by atoms with E-state index in [1.54, 1.807) is 6.08 Å². The Morgan fingerprint density at radius 2 is 1.96 bits per heavy atom. The van der Waals surface area contributed by atoms with Gasteiger partial charge < -0.3 is 14.9 Å². The summed E-state index contributed by atoms with van der Waals surface area (Å²) >= 11 is 0. The minimum atomic E-state index is -0.602. The number of aliphatic hydroxyl groups is 2. The molecule has 0 aromatic carbocycles. The molecular formula is C22H34O5. The molecule has 2 saturated carbocycles. The molecule has 27 heavy (non-hydrogen) atoms. The Hall–Kier alpha value is -1.46. The summed E-state index contributed by atoms with van der Waals surface area (Å²) in [5, 5.41) is 21.4. The molecule has 0 aromatic heterocycles. The van der Waals surface area contributed by atoms with E-state index in [2.05, 4.69) is 20.4 Å². The number of ether oxygens (including phenoxy) is 1. The number of carbonyl (C=O) groups is 2. The van der Waals surface area contributed by atoms with Gasteiger partial charge >= 0.3 is 5.97 Å². The summed E-state index contributed by atoms with van der Waals surface area (Å²) in [7, 11) is 0. The fourth-order valence-electron chi connectivity index (χ4n) is 5.68. The first-order valence-corrected chi connectivity index (χ1v) is 9.82. The van der Waals surface area contributed by atoms with Crippen molar-refractivity contribution in [3.63, 3.8) is 0 Å². The van der Waals surface area contributed by atoms with Crippen molar-refractivity contribution < 1.29 is 24.5 Å². The normalized spacial score (nSPS) is 39.6. The highest BCUT2D eigenvalue weighted by Gasteiger charge is 2.58. The highest BCUT2D eigenvalue weighted by molar-refractivity contribution is 5.66. The largest absolute Gasteiger partial charge is 0.465 e. The van der Waals surface area contributed by atoms with Crippen LogP contribution in [0.5, 0.6) is 0 Å². The number of allylic oxidation sites excluding steroid dienone is 2. The molecule has 0 aromatic rings. The summed E-state index contributed by atoms with van der Waals surface area (Å²) in [5.74, 6) is -0.189. The lowest BCUT2D eigenvalue weighted by Gasteiger charge is -2.60. The van der Waals surface area contributed by atoms with Gasteiger partial charge in [0.25, 0.3) is 0 Å². The zero-order chi connectivity index (χ0) is 20.4.